The summed E-state index contributed by atoms with van der Waals surface area (Å²) < 4.78 is 0. The molecule has 0 aromatic carbocycles. The number of rotatable bonds is 7. The van der Waals surface area contributed by atoms with Gasteiger partial charge >= 0.3 is 6.03 Å². The number of hydrogen-bond acceptors (Lipinski definition) is 2. The van der Waals surface area contributed by atoms with Crippen LogP contribution < -0.4 is 5.32 Å². The Hall–Kier alpha value is -0.770. The summed E-state index contributed by atoms with van der Waals surface area (Å²) in [5.41, 5.74) is 0. The van der Waals surface area contributed by atoms with Gasteiger partial charge in [0.15, 0.2) is 0 Å². The minimum absolute atomic E-state index is 0.0222. The molecular weight excluding hydrogens is 252 g/mol. The van der Waals surface area contributed by atoms with Crippen molar-refractivity contribution in [3.63, 3.8) is 0 Å². The first-order chi connectivity index (χ1) is 9.74. The standard InChI is InChI=1S/C16H30N2O2/c1-2-3-9-18(10-11-19)16(20)17-15-6-4-5-14(12-15)13-7-8-13/h13-15,19H,2-12H2,1H3,(H,17,20). The lowest BCUT2D eigenvalue weighted by atomic mass is 9.83. The van der Waals surface area contributed by atoms with Crippen LogP contribution in [0.4, 0.5) is 4.79 Å². The molecule has 2 aliphatic rings. The van der Waals surface area contributed by atoms with Crippen molar-refractivity contribution in [2.45, 2.75) is 64.3 Å². The number of aliphatic hydroxyl groups is 1. The van der Waals surface area contributed by atoms with Gasteiger partial charge in [0.2, 0.25) is 0 Å². The van der Waals surface area contributed by atoms with E-state index in [-0.39, 0.29) is 12.6 Å². The van der Waals surface area contributed by atoms with Crippen LogP contribution in [0.2, 0.25) is 0 Å². The maximum atomic E-state index is 12.3. The molecule has 116 valence electrons. The second kappa shape index (κ2) is 7.87. The lowest BCUT2D eigenvalue weighted by Gasteiger charge is -2.32. The molecule has 0 bridgehead atoms. The SMILES string of the molecule is CCCCN(CCO)C(=O)NC1CCCC(C2CC2)C1. The average molecular weight is 282 g/mol. The van der Waals surface area contributed by atoms with E-state index in [1.54, 1.807) is 4.90 Å². The number of unbranched alkanes of at least 4 members (excludes halogenated alkanes) is 1. The zero-order valence-corrected chi connectivity index (χ0v) is 12.8. The van der Waals surface area contributed by atoms with Gasteiger partial charge in [-0.2, -0.15) is 0 Å². The second-order valence-corrected chi connectivity index (χ2v) is 6.47. The summed E-state index contributed by atoms with van der Waals surface area (Å²) in [5.74, 6) is 1.79. The number of amides is 2. The number of nitrogens with zero attached hydrogens (tertiary/aromatic N) is 1. The molecule has 20 heavy (non-hydrogen) atoms. The Balaban J connectivity index is 1.78. The number of carbonyl (C=O) groups excluding carboxylic acids is 1. The fourth-order valence-electron chi connectivity index (χ4n) is 3.40. The molecule has 0 radical (unpaired) electrons. The molecule has 0 aromatic heterocycles. The maximum absolute atomic E-state index is 12.3. The molecule has 0 heterocycles. The van der Waals surface area contributed by atoms with Gasteiger partial charge in [0.25, 0.3) is 0 Å². The van der Waals surface area contributed by atoms with Crippen LogP contribution in [-0.4, -0.2) is 41.8 Å². The van der Waals surface area contributed by atoms with Crippen molar-refractivity contribution < 1.29 is 9.90 Å². The summed E-state index contributed by atoms with van der Waals surface area (Å²) in [6.07, 6.45) is 9.77. The van der Waals surface area contributed by atoms with Gasteiger partial charge in [-0.3, -0.25) is 0 Å². The lowest BCUT2D eigenvalue weighted by molar-refractivity contribution is 0.166. The van der Waals surface area contributed by atoms with Crippen LogP contribution >= 0.6 is 0 Å². The summed E-state index contributed by atoms with van der Waals surface area (Å²) in [7, 11) is 0. The van der Waals surface area contributed by atoms with Crippen molar-refractivity contribution in [3.8, 4) is 0 Å². The predicted octanol–water partition coefficient (Wildman–Crippen LogP) is 2.76. The summed E-state index contributed by atoms with van der Waals surface area (Å²) in [4.78, 5) is 14.1. The molecular formula is C16H30N2O2. The molecule has 0 saturated heterocycles. The van der Waals surface area contributed by atoms with Gasteiger partial charge in [-0.1, -0.05) is 26.2 Å². The molecule has 2 saturated carbocycles. The lowest BCUT2D eigenvalue weighted by Crippen LogP contribution is -2.47. The van der Waals surface area contributed by atoms with Crippen LogP contribution in [0.3, 0.4) is 0 Å². The molecule has 4 heteroatoms. The number of urea groups is 1. The summed E-state index contributed by atoms with van der Waals surface area (Å²) >= 11 is 0. The highest BCUT2D eigenvalue weighted by atomic mass is 16.3. The Morgan fingerprint density at radius 2 is 2.00 bits per heavy atom. The number of carbonyl (C=O) groups is 1. The molecule has 0 aliphatic heterocycles. The van der Waals surface area contributed by atoms with Crippen LogP contribution in [0.15, 0.2) is 0 Å². The Labute approximate surface area is 122 Å². The highest BCUT2D eigenvalue weighted by molar-refractivity contribution is 5.74. The van der Waals surface area contributed by atoms with Gasteiger partial charge in [-0.25, -0.2) is 4.79 Å². The number of aliphatic hydroxyl groups excluding tert-OH is 1. The maximum Gasteiger partial charge on any atom is 0.317 e. The highest BCUT2D eigenvalue weighted by Gasteiger charge is 2.35. The minimum atomic E-state index is 0.0222. The molecule has 2 N–H and O–H groups in total. The fraction of sp³-hybridized carbons (Fsp3) is 0.938. The second-order valence-electron chi connectivity index (χ2n) is 6.47. The van der Waals surface area contributed by atoms with Gasteiger partial charge in [0.05, 0.1) is 6.61 Å². The van der Waals surface area contributed by atoms with E-state index in [0.717, 1.165) is 44.1 Å². The average Bonchev–Trinajstić information content (AvgIpc) is 3.28. The molecule has 2 fully saturated rings. The first-order valence-corrected chi connectivity index (χ1v) is 8.41. The molecule has 2 rings (SSSR count). The van der Waals surface area contributed by atoms with Crippen LogP contribution in [0.1, 0.15) is 58.3 Å². The van der Waals surface area contributed by atoms with Crippen molar-refractivity contribution in [2.75, 3.05) is 19.7 Å². The zero-order chi connectivity index (χ0) is 14.4. The van der Waals surface area contributed by atoms with E-state index in [4.69, 9.17) is 5.11 Å². The van der Waals surface area contributed by atoms with Crippen LogP contribution in [-0.2, 0) is 0 Å². The van der Waals surface area contributed by atoms with E-state index in [2.05, 4.69) is 12.2 Å². The summed E-state index contributed by atoms with van der Waals surface area (Å²) in [5, 5.41) is 12.3. The third kappa shape index (κ3) is 4.65. The molecule has 2 unspecified atom stereocenters. The zero-order valence-electron chi connectivity index (χ0n) is 12.8. The van der Waals surface area contributed by atoms with Gasteiger partial charge in [-0.05, 0) is 43.9 Å². The topological polar surface area (TPSA) is 52.6 Å². The molecule has 4 nitrogen and oxygen atoms in total. The van der Waals surface area contributed by atoms with E-state index < -0.39 is 0 Å². The van der Waals surface area contributed by atoms with Crippen molar-refractivity contribution in [1.82, 2.24) is 10.2 Å². The third-order valence-electron chi connectivity index (χ3n) is 4.77. The van der Waals surface area contributed by atoms with Crippen molar-refractivity contribution in [3.05, 3.63) is 0 Å². The Bertz CT molecular complexity index is 305. The Kier molecular flexibility index (Phi) is 6.14. The summed E-state index contributed by atoms with van der Waals surface area (Å²) in [6, 6.07) is 0.374. The first-order valence-electron chi connectivity index (χ1n) is 8.41. The normalized spacial score (nSPS) is 26.3. The molecule has 2 amide bonds. The quantitative estimate of drug-likeness (QED) is 0.754. The van der Waals surface area contributed by atoms with Crippen LogP contribution in [0, 0.1) is 11.8 Å². The van der Waals surface area contributed by atoms with E-state index in [1.165, 1.54) is 25.7 Å². The van der Waals surface area contributed by atoms with Crippen molar-refractivity contribution in [1.29, 1.82) is 0 Å². The van der Waals surface area contributed by atoms with Gasteiger partial charge in [0.1, 0.15) is 0 Å². The van der Waals surface area contributed by atoms with Crippen LogP contribution in [0.5, 0.6) is 0 Å². The molecule has 0 spiro atoms. The molecule has 0 aromatic rings. The van der Waals surface area contributed by atoms with Gasteiger partial charge in [-0.15, -0.1) is 0 Å². The Morgan fingerprint density at radius 3 is 2.65 bits per heavy atom. The van der Waals surface area contributed by atoms with Gasteiger partial charge in [0, 0.05) is 19.1 Å². The van der Waals surface area contributed by atoms with Crippen LogP contribution in [0.25, 0.3) is 0 Å². The predicted molar refractivity (Wildman–Crippen MR) is 80.6 cm³/mol. The summed E-state index contributed by atoms with van der Waals surface area (Å²) in [6.45, 7) is 3.37. The van der Waals surface area contributed by atoms with E-state index in [9.17, 15) is 4.79 Å². The largest absolute Gasteiger partial charge is 0.395 e. The fourth-order valence-corrected chi connectivity index (χ4v) is 3.40. The minimum Gasteiger partial charge on any atom is -0.395 e. The number of nitrogens with one attached hydrogen (secondary N) is 1. The highest BCUT2D eigenvalue weighted by Crippen LogP contribution is 2.43. The van der Waals surface area contributed by atoms with Crippen molar-refractivity contribution >= 4 is 6.03 Å². The van der Waals surface area contributed by atoms with E-state index >= 15 is 0 Å². The Morgan fingerprint density at radius 1 is 1.20 bits per heavy atom. The smallest absolute Gasteiger partial charge is 0.317 e. The molecule has 2 atom stereocenters. The van der Waals surface area contributed by atoms with Gasteiger partial charge < -0.3 is 15.3 Å². The molecule has 2 aliphatic carbocycles. The monoisotopic (exact) mass is 282 g/mol. The van der Waals surface area contributed by atoms with Crippen molar-refractivity contribution in [2.24, 2.45) is 11.8 Å². The van der Waals surface area contributed by atoms with E-state index in [1.807, 2.05) is 0 Å². The number of hydrogen-bond donors (Lipinski definition) is 2. The third-order valence-corrected chi connectivity index (χ3v) is 4.77. The van der Waals surface area contributed by atoms with E-state index in [0.29, 0.717) is 12.6 Å². The first kappa shape index (κ1) is 15.6.